The van der Waals surface area contributed by atoms with Crippen molar-refractivity contribution in [3.8, 4) is 0 Å². The number of hydrogen-bond donors (Lipinski definition) is 7. The van der Waals surface area contributed by atoms with Gasteiger partial charge in [-0.05, 0) is 60.7 Å². The van der Waals surface area contributed by atoms with Gasteiger partial charge in [-0.25, -0.2) is 0 Å². The van der Waals surface area contributed by atoms with E-state index in [1.807, 2.05) is 29.2 Å². The smallest absolute Gasteiger partial charge is 0.294 e. The largest absolute Gasteiger partial charge is 0.397 e. The van der Waals surface area contributed by atoms with E-state index in [4.69, 9.17) is 16.0 Å². The van der Waals surface area contributed by atoms with E-state index in [1.165, 1.54) is 24.3 Å². The monoisotopic (exact) mass is 473 g/mol. The summed E-state index contributed by atoms with van der Waals surface area (Å²) in [4.78, 5) is 1.66. The Kier molecular flexibility index (Phi) is 7.61. The zero-order chi connectivity index (χ0) is 24.0. The summed E-state index contributed by atoms with van der Waals surface area (Å²) in [6, 6.07) is 16.4. The normalized spacial score (nSPS) is 11.2. The van der Waals surface area contributed by atoms with Gasteiger partial charge in [0, 0.05) is 30.2 Å². The molecule has 0 aliphatic carbocycles. The van der Waals surface area contributed by atoms with E-state index >= 15 is 0 Å². The molecule has 3 rings (SSSR count). The number of rotatable bonds is 10. The highest BCUT2D eigenvalue weighted by Crippen LogP contribution is 2.34. The first kappa shape index (κ1) is 24.1. The number of anilines is 7. The van der Waals surface area contributed by atoms with Crippen LogP contribution < -0.4 is 27.0 Å². The van der Waals surface area contributed by atoms with E-state index in [0.29, 0.717) is 41.5 Å². The quantitative estimate of drug-likeness (QED) is 0.171. The van der Waals surface area contributed by atoms with Crippen LogP contribution in [0.2, 0.25) is 0 Å². The SMILES string of the molecule is Nc1cc(N)c(Nc2ccc(S(=O)(=O)O)cc2)cc1Nc1ccc(N(CCO)CCO)cc1. The average molecular weight is 474 g/mol. The van der Waals surface area contributed by atoms with Crippen LogP contribution in [0, 0.1) is 0 Å². The minimum Gasteiger partial charge on any atom is -0.397 e. The van der Waals surface area contributed by atoms with Crippen molar-refractivity contribution in [3.63, 3.8) is 0 Å². The Bertz CT molecular complexity index is 1180. The molecule has 0 aliphatic rings. The number of aliphatic hydroxyl groups is 2. The van der Waals surface area contributed by atoms with Crippen molar-refractivity contribution in [1.82, 2.24) is 0 Å². The lowest BCUT2D eigenvalue weighted by Gasteiger charge is -2.23. The van der Waals surface area contributed by atoms with E-state index in [1.54, 1.807) is 12.1 Å². The Morgan fingerprint density at radius 3 is 1.64 bits per heavy atom. The molecule has 10 nitrogen and oxygen atoms in total. The van der Waals surface area contributed by atoms with Gasteiger partial charge in [0.2, 0.25) is 0 Å². The predicted octanol–water partition coefficient (Wildman–Crippen LogP) is 2.38. The second-order valence-corrected chi connectivity index (χ2v) is 8.68. The second kappa shape index (κ2) is 10.4. The van der Waals surface area contributed by atoms with Crippen LogP contribution in [0.4, 0.5) is 39.8 Å². The topological polar surface area (TPSA) is 174 Å². The molecule has 0 unspecified atom stereocenters. The molecule has 176 valence electrons. The van der Waals surface area contributed by atoms with Crippen LogP contribution in [-0.4, -0.2) is 49.5 Å². The van der Waals surface area contributed by atoms with Gasteiger partial charge in [0.1, 0.15) is 0 Å². The van der Waals surface area contributed by atoms with Crippen LogP contribution in [-0.2, 0) is 10.1 Å². The summed E-state index contributed by atoms with van der Waals surface area (Å²) >= 11 is 0. The van der Waals surface area contributed by atoms with Crippen molar-refractivity contribution in [2.45, 2.75) is 4.90 Å². The second-order valence-electron chi connectivity index (χ2n) is 7.26. The van der Waals surface area contributed by atoms with Gasteiger partial charge in [-0.1, -0.05) is 0 Å². The maximum atomic E-state index is 11.2. The Labute approximate surface area is 192 Å². The van der Waals surface area contributed by atoms with Crippen molar-refractivity contribution < 1.29 is 23.2 Å². The Hall–Kier alpha value is -3.51. The fourth-order valence-electron chi connectivity index (χ4n) is 3.24. The minimum atomic E-state index is -4.27. The van der Waals surface area contributed by atoms with Crippen LogP contribution in [0.1, 0.15) is 0 Å². The number of hydrogen-bond acceptors (Lipinski definition) is 9. The Morgan fingerprint density at radius 1 is 0.758 bits per heavy atom. The lowest BCUT2D eigenvalue weighted by Crippen LogP contribution is -2.29. The third-order valence-electron chi connectivity index (χ3n) is 4.90. The first-order valence-electron chi connectivity index (χ1n) is 10.1. The summed E-state index contributed by atoms with van der Waals surface area (Å²) in [5.41, 5.74) is 16.4. The van der Waals surface area contributed by atoms with Gasteiger partial charge in [-0.3, -0.25) is 4.55 Å². The van der Waals surface area contributed by atoms with Crippen molar-refractivity contribution in [1.29, 1.82) is 0 Å². The van der Waals surface area contributed by atoms with E-state index < -0.39 is 10.1 Å². The zero-order valence-corrected chi connectivity index (χ0v) is 18.6. The maximum Gasteiger partial charge on any atom is 0.294 e. The number of aliphatic hydroxyl groups excluding tert-OH is 2. The molecule has 11 heteroatoms. The molecular formula is C22H27N5O5S. The van der Waals surface area contributed by atoms with E-state index in [0.717, 1.165) is 11.4 Å². The van der Waals surface area contributed by atoms with Gasteiger partial charge in [0.05, 0.1) is 40.9 Å². The number of nitrogens with two attached hydrogens (primary N) is 2. The fraction of sp³-hybridized carbons (Fsp3) is 0.182. The molecular weight excluding hydrogens is 446 g/mol. The van der Waals surface area contributed by atoms with Gasteiger partial charge in [0.25, 0.3) is 10.1 Å². The molecule has 0 amide bonds. The lowest BCUT2D eigenvalue weighted by molar-refractivity contribution is 0.281. The summed E-state index contributed by atoms with van der Waals surface area (Å²) in [6.07, 6.45) is 0. The van der Waals surface area contributed by atoms with Crippen LogP contribution in [0.25, 0.3) is 0 Å². The summed E-state index contributed by atoms with van der Waals surface area (Å²) in [7, 11) is -4.27. The van der Waals surface area contributed by atoms with E-state index in [-0.39, 0.29) is 18.1 Å². The van der Waals surface area contributed by atoms with Gasteiger partial charge in [-0.2, -0.15) is 8.42 Å². The molecule has 0 atom stereocenters. The first-order chi connectivity index (χ1) is 15.7. The van der Waals surface area contributed by atoms with Crippen molar-refractivity contribution in [2.24, 2.45) is 0 Å². The molecule has 3 aromatic rings. The number of nitrogens with zero attached hydrogens (tertiary/aromatic N) is 1. The summed E-state index contributed by atoms with van der Waals surface area (Å²) in [6.45, 7) is 0.795. The van der Waals surface area contributed by atoms with E-state index in [9.17, 15) is 18.6 Å². The average Bonchev–Trinajstić information content (AvgIpc) is 2.77. The van der Waals surface area contributed by atoms with Crippen LogP contribution in [0.3, 0.4) is 0 Å². The lowest BCUT2D eigenvalue weighted by atomic mass is 10.1. The molecule has 0 saturated carbocycles. The highest BCUT2D eigenvalue weighted by molar-refractivity contribution is 7.85. The van der Waals surface area contributed by atoms with E-state index in [2.05, 4.69) is 10.6 Å². The molecule has 0 saturated heterocycles. The molecule has 0 fully saturated rings. The Balaban J connectivity index is 1.78. The molecule has 0 spiro atoms. The summed E-state index contributed by atoms with van der Waals surface area (Å²) in [5, 5.41) is 24.7. The van der Waals surface area contributed by atoms with Gasteiger partial charge < -0.3 is 37.2 Å². The number of nitrogen functional groups attached to an aromatic ring is 2. The predicted molar refractivity (Wildman–Crippen MR) is 131 cm³/mol. The van der Waals surface area contributed by atoms with Crippen LogP contribution in [0.15, 0.2) is 65.6 Å². The van der Waals surface area contributed by atoms with Crippen molar-refractivity contribution in [3.05, 3.63) is 60.7 Å². The van der Waals surface area contributed by atoms with Crippen LogP contribution in [0.5, 0.6) is 0 Å². The van der Waals surface area contributed by atoms with Gasteiger partial charge >= 0.3 is 0 Å². The van der Waals surface area contributed by atoms with Crippen molar-refractivity contribution >= 4 is 49.9 Å². The first-order valence-corrected chi connectivity index (χ1v) is 11.5. The zero-order valence-electron chi connectivity index (χ0n) is 17.8. The molecule has 0 aromatic heterocycles. The highest BCUT2D eigenvalue weighted by Gasteiger charge is 2.11. The molecule has 0 bridgehead atoms. The number of nitrogens with one attached hydrogen (secondary N) is 2. The van der Waals surface area contributed by atoms with Gasteiger partial charge in [-0.15, -0.1) is 0 Å². The molecule has 33 heavy (non-hydrogen) atoms. The maximum absolute atomic E-state index is 11.2. The highest BCUT2D eigenvalue weighted by atomic mass is 32.2. The summed E-state index contributed by atoms with van der Waals surface area (Å²) < 4.78 is 31.5. The molecule has 3 aromatic carbocycles. The molecule has 9 N–H and O–H groups in total. The van der Waals surface area contributed by atoms with Crippen LogP contribution >= 0.6 is 0 Å². The molecule has 0 aliphatic heterocycles. The van der Waals surface area contributed by atoms with Gasteiger partial charge in [0.15, 0.2) is 0 Å². The van der Waals surface area contributed by atoms with Crippen molar-refractivity contribution in [2.75, 3.05) is 53.3 Å². The Morgan fingerprint density at radius 2 is 1.21 bits per heavy atom. The molecule has 0 radical (unpaired) electrons. The minimum absolute atomic E-state index is 0.0176. The molecule has 0 heterocycles. The fourth-order valence-corrected chi connectivity index (χ4v) is 3.72. The standard InChI is InChI=1S/C22H27N5O5S/c23-19-13-20(24)22(26-16-3-7-18(8-4-16)33(30,31)32)14-21(19)25-15-1-5-17(6-2-15)27(9-11-28)10-12-29/h1-8,13-14,25-26,28-29H,9-12,23-24H2,(H,30,31,32). The summed E-state index contributed by atoms with van der Waals surface area (Å²) in [5.74, 6) is 0. The third kappa shape index (κ3) is 6.26. The third-order valence-corrected chi connectivity index (χ3v) is 5.77. The number of benzene rings is 3.